The number of ether oxygens (including phenoxy) is 1. The van der Waals surface area contributed by atoms with Gasteiger partial charge in [-0.25, -0.2) is 9.78 Å². The molecule has 1 aromatic rings. The van der Waals surface area contributed by atoms with Crippen LogP contribution in [0.2, 0.25) is 0 Å². The van der Waals surface area contributed by atoms with Gasteiger partial charge in [0.05, 0.1) is 12.3 Å². The fourth-order valence-corrected chi connectivity index (χ4v) is 3.00. The van der Waals surface area contributed by atoms with Crippen LogP contribution in [0.4, 0.5) is 0 Å². The summed E-state index contributed by atoms with van der Waals surface area (Å²) in [5, 5.41) is 5.86. The van der Waals surface area contributed by atoms with Crippen LogP contribution in [0.1, 0.15) is 35.3 Å². The number of hydrogen-bond acceptors (Lipinski definition) is 6. The summed E-state index contributed by atoms with van der Waals surface area (Å²) >= 11 is 1.35. The van der Waals surface area contributed by atoms with E-state index in [2.05, 4.69) is 22.2 Å². The lowest BCUT2D eigenvalue weighted by molar-refractivity contribution is 0.0525. The van der Waals surface area contributed by atoms with Gasteiger partial charge in [-0.3, -0.25) is 4.90 Å². The maximum atomic E-state index is 11.5. The van der Waals surface area contributed by atoms with Crippen LogP contribution in [0.15, 0.2) is 5.38 Å². The maximum absolute atomic E-state index is 11.5. The van der Waals surface area contributed by atoms with Crippen molar-refractivity contribution in [3.05, 3.63) is 16.1 Å². The fourth-order valence-electron chi connectivity index (χ4n) is 2.30. The third-order valence-corrected chi connectivity index (χ3v) is 4.00. The zero-order chi connectivity index (χ0) is 13.7. The van der Waals surface area contributed by atoms with Gasteiger partial charge in [-0.05, 0) is 33.4 Å². The summed E-state index contributed by atoms with van der Waals surface area (Å²) in [6.07, 6.45) is 2.51. The Bertz CT molecular complexity index is 416. The van der Waals surface area contributed by atoms with Crippen molar-refractivity contribution in [3.63, 3.8) is 0 Å². The number of likely N-dealkylation sites (N-methyl/N-ethyl adjacent to an activating group) is 1. The van der Waals surface area contributed by atoms with Gasteiger partial charge < -0.3 is 10.1 Å². The Hall–Kier alpha value is -0.980. The number of nitrogens with zero attached hydrogens (tertiary/aromatic N) is 2. The standard InChI is InChI=1S/C13H21N3O2S/c1-3-18-13(17)12-15-11(9-19-12)8-16(2)7-10-5-4-6-14-10/h9-10,14H,3-8H2,1-2H3. The van der Waals surface area contributed by atoms with Gasteiger partial charge in [0.1, 0.15) is 0 Å². The Kier molecular flexibility index (Phi) is 5.30. The van der Waals surface area contributed by atoms with Crippen LogP contribution in [-0.2, 0) is 11.3 Å². The van der Waals surface area contributed by atoms with Crippen molar-refractivity contribution in [1.82, 2.24) is 15.2 Å². The molecule has 1 saturated heterocycles. The number of carbonyl (C=O) groups is 1. The third-order valence-electron chi connectivity index (χ3n) is 3.13. The average molecular weight is 283 g/mol. The minimum Gasteiger partial charge on any atom is -0.461 e. The molecule has 1 aromatic heterocycles. The molecule has 2 rings (SSSR count). The Morgan fingerprint density at radius 2 is 2.53 bits per heavy atom. The maximum Gasteiger partial charge on any atom is 0.367 e. The number of rotatable bonds is 6. The second kappa shape index (κ2) is 6.98. The lowest BCUT2D eigenvalue weighted by Crippen LogP contribution is -2.35. The molecule has 1 aliphatic heterocycles. The first-order chi connectivity index (χ1) is 9.19. The smallest absolute Gasteiger partial charge is 0.367 e. The van der Waals surface area contributed by atoms with Crippen molar-refractivity contribution in [2.24, 2.45) is 0 Å². The number of aromatic nitrogens is 1. The average Bonchev–Trinajstić information content (AvgIpc) is 3.00. The van der Waals surface area contributed by atoms with Crippen molar-refractivity contribution in [1.29, 1.82) is 0 Å². The summed E-state index contributed by atoms with van der Waals surface area (Å²) in [6, 6.07) is 0.591. The monoisotopic (exact) mass is 283 g/mol. The molecule has 1 N–H and O–H groups in total. The van der Waals surface area contributed by atoms with Gasteiger partial charge in [-0.2, -0.15) is 0 Å². The minimum atomic E-state index is -0.320. The lowest BCUT2D eigenvalue weighted by Gasteiger charge is -2.19. The normalized spacial score (nSPS) is 19.0. The van der Waals surface area contributed by atoms with Crippen molar-refractivity contribution >= 4 is 17.3 Å². The molecule has 106 valence electrons. The van der Waals surface area contributed by atoms with E-state index in [0.29, 0.717) is 17.7 Å². The molecule has 5 nitrogen and oxygen atoms in total. The molecule has 0 bridgehead atoms. The highest BCUT2D eigenvalue weighted by molar-refractivity contribution is 7.11. The van der Waals surface area contributed by atoms with E-state index in [1.54, 1.807) is 6.92 Å². The number of hydrogen-bond donors (Lipinski definition) is 1. The van der Waals surface area contributed by atoms with Crippen molar-refractivity contribution in [2.45, 2.75) is 32.4 Å². The third kappa shape index (κ3) is 4.26. The van der Waals surface area contributed by atoms with E-state index in [1.165, 1.54) is 24.2 Å². The van der Waals surface area contributed by atoms with Gasteiger partial charge in [0.2, 0.25) is 5.01 Å². The van der Waals surface area contributed by atoms with E-state index < -0.39 is 0 Å². The molecule has 0 spiro atoms. The van der Waals surface area contributed by atoms with E-state index in [1.807, 2.05) is 5.38 Å². The predicted molar refractivity (Wildman–Crippen MR) is 75.4 cm³/mol. The summed E-state index contributed by atoms with van der Waals surface area (Å²) < 4.78 is 4.94. The molecular formula is C13H21N3O2S. The Morgan fingerprint density at radius 1 is 1.68 bits per heavy atom. The van der Waals surface area contributed by atoms with Gasteiger partial charge in [-0.15, -0.1) is 11.3 Å². The van der Waals surface area contributed by atoms with E-state index in [0.717, 1.165) is 25.3 Å². The zero-order valence-electron chi connectivity index (χ0n) is 11.5. The molecule has 0 radical (unpaired) electrons. The first-order valence-electron chi connectivity index (χ1n) is 6.72. The summed E-state index contributed by atoms with van der Waals surface area (Å²) in [4.78, 5) is 18.1. The molecule has 1 aliphatic rings. The van der Waals surface area contributed by atoms with Gasteiger partial charge >= 0.3 is 5.97 Å². The van der Waals surface area contributed by atoms with Crippen molar-refractivity contribution in [2.75, 3.05) is 26.7 Å². The first kappa shape index (κ1) is 14.4. The molecule has 0 aromatic carbocycles. The number of carbonyl (C=O) groups excluding carboxylic acids is 1. The number of thiazole rings is 1. The molecular weight excluding hydrogens is 262 g/mol. The van der Waals surface area contributed by atoms with Gasteiger partial charge in [0.25, 0.3) is 0 Å². The van der Waals surface area contributed by atoms with Crippen molar-refractivity contribution < 1.29 is 9.53 Å². The SMILES string of the molecule is CCOC(=O)c1nc(CN(C)CC2CCCN2)cs1. The van der Waals surface area contributed by atoms with Crippen LogP contribution in [0.3, 0.4) is 0 Å². The quantitative estimate of drug-likeness (QED) is 0.802. The van der Waals surface area contributed by atoms with Gasteiger partial charge in [0.15, 0.2) is 0 Å². The molecule has 1 fully saturated rings. The second-order valence-electron chi connectivity index (χ2n) is 4.85. The summed E-state index contributed by atoms with van der Waals surface area (Å²) in [6.45, 7) is 5.11. The zero-order valence-corrected chi connectivity index (χ0v) is 12.3. The molecule has 0 saturated carbocycles. The largest absolute Gasteiger partial charge is 0.461 e. The van der Waals surface area contributed by atoms with Gasteiger partial charge in [-0.1, -0.05) is 0 Å². The van der Waals surface area contributed by atoms with E-state index in [-0.39, 0.29) is 5.97 Å². The highest BCUT2D eigenvalue weighted by atomic mass is 32.1. The van der Waals surface area contributed by atoms with E-state index >= 15 is 0 Å². The summed E-state index contributed by atoms with van der Waals surface area (Å²) in [7, 11) is 2.09. The number of esters is 1. The first-order valence-corrected chi connectivity index (χ1v) is 7.60. The molecule has 1 atom stereocenters. The topological polar surface area (TPSA) is 54.5 Å². The molecule has 19 heavy (non-hydrogen) atoms. The minimum absolute atomic E-state index is 0.320. The highest BCUT2D eigenvalue weighted by Crippen LogP contribution is 2.13. The van der Waals surface area contributed by atoms with Crippen LogP contribution in [0, 0.1) is 0 Å². The van der Waals surface area contributed by atoms with Crippen LogP contribution in [0.5, 0.6) is 0 Å². The molecule has 2 heterocycles. The lowest BCUT2D eigenvalue weighted by atomic mass is 10.2. The van der Waals surface area contributed by atoms with Gasteiger partial charge in [0, 0.05) is 24.5 Å². The van der Waals surface area contributed by atoms with Crippen LogP contribution in [-0.4, -0.2) is 48.6 Å². The number of nitrogens with one attached hydrogen (secondary N) is 1. The van der Waals surface area contributed by atoms with Crippen LogP contribution in [0.25, 0.3) is 0 Å². The second-order valence-corrected chi connectivity index (χ2v) is 5.71. The summed E-state index contributed by atoms with van der Waals surface area (Å²) in [5.41, 5.74) is 0.938. The van der Waals surface area contributed by atoms with Crippen LogP contribution >= 0.6 is 11.3 Å². The highest BCUT2D eigenvalue weighted by Gasteiger charge is 2.17. The molecule has 1 unspecified atom stereocenters. The molecule has 6 heteroatoms. The predicted octanol–water partition coefficient (Wildman–Crippen LogP) is 1.50. The Balaban J connectivity index is 1.83. The molecule has 0 aliphatic carbocycles. The molecule has 0 amide bonds. The fraction of sp³-hybridized carbons (Fsp3) is 0.692. The van der Waals surface area contributed by atoms with E-state index in [4.69, 9.17) is 4.74 Å². The van der Waals surface area contributed by atoms with Crippen LogP contribution < -0.4 is 5.32 Å². The van der Waals surface area contributed by atoms with E-state index in [9.17, 15) is 4.79 Å². The summed E-state index contributed by atoms with van der Waals surface area (Å²) in [5.74, 6) is -0.320. The van der Waals surface area contributed by atoms with Crippen molar-refractivity contribution in [3.8, 4) is 0 Å². The Morgan fingerprint density at radius 3 is 3.21 bits per heavy atom. The Labute approximate surface area is 118 Å².